The number of ether oxygens (including phenoxy) is 1. The van der Waals surface area contributed by atoms with Gasteiger partial charge in [-0.2, -0.15) is 0 Å². The average molecular weight is 275 g/mol. The number of carbonyl (C=O) groups excluding carboxylic acids is 1. The Balaban J connectivity index is 3.41. The highest BCUT2D eigenvalue weighted by molar-refractivity contribution is 5.92. The van der Waals surface area contributed by atoms with Crippen LogP contribution in [-0.4, -0.2) is 18.6 Å². The highest BCUT2D eigenvalue weighted by atomic mass is 16.5. The molecule has 1 rings (SSSR count). The van der Waals surface area contributed by atoms with Crippen LogP contribution in [0.15, 0.2) is 18.7 Å². The van der Waals surface area contributed by atoms with Crippen molar-refractivity contribution in [2.24, 2.45) is 5.73 Å². The monoisotopic (exact) mass is 275 g/mol. The minimum atomic E-state index is -0.277. The summed E-state index contributed by atoms with van der Waals surface area (Å²) >= 11 is 0. The second-order valence-corrected chi connectivity index (χ2v) is 5.45. The third-order valence-electron chi connectivity index (χ3n) is 3.15. The molecule has 0 aliphatic carbocycles. The number of hydrogen-bond acceptors (Lipinski definition) is 3. The Morgan fingerprint density at radius 3 is 2.45 bits per heavy atom. The molecule has 3 nitrogen and oxygen atoms in total. The van der Waals surface area contributed by atoms with E-state index in [-0.39, 0.29) is 12.1 Å². The van der Waals surface area contributed by atoms with Crippen molar-refractivity contribution in [2.75, 3.05) is 6.54 Å². The number of carbonyl (C=O) groups is 1. The maximum atomic E-state index is 12.2. The SMILES string of the molecule is C=Cc1ccc(C(=O)OC(C)C)c(CCN)c1C(C)C. The minimum Gasteiger partial charge on any atom is -0.459 e. The van der Waals surface area contributed by atoms with Gasteiger partial charge in [0.05, 0.1) is 11.7 Å². The molecule has 0 saturated carbocycles. The largest absolute Gasteiger partial charge is 0.459 e. The van der Waals surface area contributed by atoms with Crippen molar-refractivity contribution in [3.8, 4) is 0 Å². The van der Waals surface area contributed by atoms with E-state index in [0.717, 1.165) is 16.7 Å². The lowest BCUT2D eigenvalue weighted by atomic mass is 9.87. The lowest BCUT2D eigenvalue weighted by Crippen LogP contribution is -2.17. The van der Waals surface area contributed by atoms with Gasteiger partial charge in [0.15, 0.2) is 0 Å². The van der Waals surface area contributed by atoms with Crippen LogP contribution in [0.3, 0.4) is 0 Å². The number of nitrogens with two attached hydrogens (primary N) is 1. The molecule has 0 aromatic heterocycles. The molecule has 0 heterocycles. The molecule has 1 aromatic carbocycles. The Morgan fingerprint density at radius 1 is 1.35 bits per heavy atom. The van der Waals surface area contributed by atoms with Gasteiger partial charge in [-0.05, 0) is 55.5 Å². The first kappa shape index (κ1) is 16.4. The predicted molar refractivity (Wildman–Crippen MR) is 83.9 cm³/mol. The van der Waals surface area contributed by atoms with Gasteiger partial charge in [-0.1, -0.05) is 32.6 Å². The Kier molecular flexibility index (Phi) is 5.96. The molecule has 0 saturated heterocycles. The fourth-order valence-electron chi connectivity index (χ4n) is 2.43. The highest BCUT2D eigenvalue weighted by Gasteiger charge is 2.20. The van der Waals surface area contributed by atoms with Crippen molar-refractivity contribution in [1.29, 1.82) is 0 Å². The van der Waals surface area contributed by atoms with Crippen LogP contribution in [0.5, 0.6) is 0 Å². The molecule has 0 aliphatic rings. The summed E-state index contributed by atoms with van der Waals surface area (Å²) in [5, 5.41) is 0. The van der Waals surface area contributed by atoms with Crippen molar-refractivity contribution in [2.45, 2.75) is 46.1 Å². The number of hydrogen-bond donors (Lipinski definition) is 1. The van der Waals surface area contributed by atoms with E-state index in [1.165, 1.54) is 0 Å². The van der Waals surface area contributed by atoms with Gasteiger partial charge < -0.3 is 10.5 Å². The third kappa shape index (κ3) is 3.70. The maximum Gasteiger partial charge on any atom is 0.338 e. The molecule has 0 spiro atoms. The van der Waals surface area contributed by atoms with E-state index in [1.807, 2.05) is 32.1 Å². The van der Waals surface area contributed by atoms with Crippen molar-refractivity contribution < 1.29 is 9.53 Å². The number of benzene rings is 1. The zero-order chi connectivity index (χ0) is 15.3. The van der Waals surface area contributed by atoms with Gasteiger partial charge in [-0.15, -0.1) is 0 Å². The highest BCUT2D eigenvalue weighted by Crippen LogP contribution is 2.28. The van der Waals surface area contributed by atoms with Crippen molar-refractivity contribution in [3.05, 3.63) is 41.0 Å². The first-order chi connectivity index (χ1) is 9.42. The molecule has 0 atom stereocenters. The van der Waals surface area contributed by atoms with Gasteiger partial charge >= 0.3 is 5.97 Å². The van der Waals surface area contributed by atoms with Crippen molar-refractivity contribution in [1.82, 2.24) is 0 Å². The maximum absolute atomic E-state index is 12.2. The number of esters is 1. The van der Waals surface area contributed by atoms with Crippen LogP contribution in [0.25, 0.3) is 6.08 Å². The van der Waals surface area contributed by atoms with Crippen molar-refractivity contribution in [3.63, 3.8) is 0 Å². The molecular formula is C17H25NO2. The van der Waals surface area contributed by atoms with E-state index in [1.54, 1.807) is 0 Å². The fourth-order valence-corrected chi connectivity index (χ4v) is 2.43. The summed E-state index contributed by atoms with van der Waals surface area (Å²) in [5.41, 5.74) is 9.53. The first-order valence-corrected chi connectivity index (χ1v) is 7.11. The summed E-state index contributed by atoms with van der Waals surface area (Å²) in [7, 11) is 0. The fraction of sp³-hybridized carbons (Fsp3) is 0.471. The van der Waals surface area contributed by atoms with Crippen LogP contribution in [0.1, 0.15) is 60.7 Å². The molecule has 110 valence electrons. The van der Waals surface area contributed by atoms with E-state index >= 15 is 0 Å². The van der Waals surface area contributed by atoms with Crippen LogP contribution in [-0.2, 0) is 11.2 Å². The summed E-state index contributed by atoms with van der Waals surface area (Å²) < 4.78 is 5.33. The lowest BCUT2D eigenvalue weighted by Gasteiger charge is -2.20. The van der Waals surface area contributed by atoms with Crippen LogP contribution in [0.2, 0.25) is 0 Å². The summed E-state index contributed by atoms with van der Waals surface area (Å²) in [6.45, 7) is 12.3. The Bertz CT molecular complexity index is 490. The first-order valence-electron chi connectivity index (χ1n) is 7.11. The van der Waals surface area contributed by atoms with Crippen LogP contribution in [0, 0.1) is 0 Å². The zero-order valence-electron chi connectivity index (χ0n) is 12.9. The summed E-state index contributed by atoms with van der Waals surface area (Å²) in [6.07, 6.45) is 2.36. The van der Waals surface area contributed by atoms with E-state index in [9.17, 15) is 4.79 Å². The topological polar surface area (TPSA) is 52.3 Å². The van der Waals surface area contributed by atoms with Gasteiger partial charge in [0.2, 0.25) is 0 Å². The van der Waals surface area contributed by atoms with E-state index in [4.69, 9.17) is 10.5 Å². The van der Waals surface area contributed by atoms with Gasteiger partial charge in [0.25, 0.3) is 0 Å². The molecule has 20 heavy (non-hydrogen) atoms. The standard InChI is InChI=1S/C17H25NO2/c1-6-13-7-8-15(17(19)20-12(4)5)14(9-10-18)16(13)11(2)3/h6-8,11-12H,1,9-10,18H2,2-5H3. The predicted octanol–water partition coefficient (Wildman–Crippen LogP) is 3.52. The summed E-state index contributed by atoms with van der Waals surface area (Å²) in [6, 6.07) is 3.75. The van der Waals surface area contributed by atoms with Crippen LogP contribution in [0.4, 0.5) is 0 Å². The van der Waals surface area contributed by atoms with Crippen molar-refractivity contribution >= 4 is 12.0 Å². The summed E-state index contributed by atoms with van der Waals surface area (Å²) in [5.74, 6) is 0.0253. The summed E-state index contributed by atoms with van der Waals surface area (Å²) in [4.78, 5) is 12.2. The molecule has 0 amide bonds. The van der Waals surface area contributed by atoms with E-state index in [2.05, 4.69) is 20.4 Å². The van der Waals surface area contributed by atoms with Gasteiger partial charge in [0.1, 0.15) is 0 Å². The Morgan fingerprint density at radius 2 is 2.00 bits per heavy atom. The lowest BCUT2D eigenvalue weighted by molar-refractivity contribution is 0.0376. The third-order valence-corrected chi connectivity index (χ3v) is 3.15. The molecule has 0 bridgehead atoms. The Hall–Kier alpha value is -1.61. The molecule has 0 unspecified atom stereocenters. The van der Waals surface area contributed by atoms with E-state index in [0.29, 0.717) is 24.4 Å². The second-order valence-electron chi connectivity index (χ2n) is 5.45. The normalized spacial score (nSPS) is 10.9. The smallest absolute Gasteiger partial charge is 0.338 e. The molecule has 0 aliphatic heterocycles. The molecule has 1 aromatic rings. The molecule has 2 N–H and O–H groups in total. The van der Waals surface area contributed by atoms with Gasteiger partial charge in [0, 0.05) is 0 Å². The Labute approximate surface area is 121 Å². The van der Waals surface area contributed by atoms with Gasteiger partial charge in [-0.3, -0.25) is 0 Å². The number of rotatable bonds is 6. The molecular weight excluding hydrogens is 250 g/mol. The zero-order valence-corrected chi connectivity index (χ0v) is 12.9. The molecule has 0 fully saturated rings. The van der Waals surface area contributed by atoms with Crippen LogP contribution < -0.4 is 5.73 Å². The quantitative estimate of drug-likeness (QED) is 0.808. The second kappa shape index (κ2) is 7.25. The molecule has 3 heteroatoms. The van der Waals surface area contributed by atoms with E-state index < -0.39 is 0 Å². The minimum absolute atomic E-state index is 0.130. The average Bonchev–Trinajstić information content (AvgIpc) is 2.37. The van der Waals surface area contributed by atoms with Gasteiger partial charge in [-0.25, -0.2) is 4.79 Å². The van der Waals surface area contributed by atoms with Crippen LogP contribution >= 0.6 is 0 Å². The molecule has 0 radical (unpaired) electrons.